The van der Waals surface area contributed by atoms with Gasteiger partial charge in [-0.1, -0.05) is 60.7 Å². The molecule has 0 spiro atoms. The zero-order chi connectivity index (χ0) is 38.9. The minimum absolute atomic E-state index is 0.0196. The van der Waals surface area contributed by atoms with Gasteiger partial charge < -0.3 is 28.9 Å². The van der Waals surface area contributed by atoms with Gasteiger partial charge in [-0.2, -0.15) is 0 Å². The van der Waals surface area contributed by atoms with Crippen LogP contribution in [-0.4, -0.2) is 101 Å². The second kappa shape index (κ2) is 15.8. The van der Waals surface area contributed by atoms with Crippen LogP contribution in [0.5, 0.6) is 5.75 Å². The largest absolute Gasteiger partial charge is 0.415 e. The highest BCUT2D eigenvalue weighted by atomic mass is 16.6. The number of para-hydroxylation sites is 2. The molecule has 10 nitrogen and oxygen atoms in total. The normalized spacial score (nSPS) is 17.2. The van der Waals surface area contributed by atoms with Crippen molar-refractivity contribution in [3.05, 3.63) is 142 Å². The molecule has 3 aliphatic heterocycles. The number of benzene rings is 4. The van der Waals surface area contributed by atoms with E-state index in [0.717, 1.165) is 78.5 Å². The lowest BCUT2D eigenvalue weighted by Crippen LogP contribution is -2.53. The van der Waals surface area contributed by atoms with Gasteiger partial charge in [-0.05, 0) is 91.5 Å². The summed E-state index contributed by atoms with van der Waals surface area (Å²) in [6, 6.07) is 33.2. The van der Waals surface area contributed by atoms with Crippen LogP contribution in [0.2, 0.25) is 0 Å². The van der Waals surface area contributed by atoms with E-state index in [9.17, 15) is 9.59 Å². The number of aromatic nitrogens is 1. The first-order valence-corrected chi connectivity index (χ1v) is 19.6. The SMILES string of the molecule is Cc1c(C(=O)N(C)c2ccccc2)cc(-c2cc3c(cc2C(=O)N2Cc4ccccc4C[C@H]2CN2CCN(C)CC2)CN(C(=O)Oc2ccccc2)CC3)n1C. The number of ether oxygens (including phenoxy) is 1. The Morgan fingerprint density at radius 2 is 1.41 bits per heavy atom. The summed E-state index contributed by atoms with van der Waals surface area (Å²) in [6.07, 6.45) is 0.972. The van der Waals surface area contributed by atoms with Crippen molar-refractivity contribution in [1.82, 2.24) is 24.2 Å². The molecule has 0 bridgehead atoms. The first-order valence-electron chi connectivity index (χ1n) is 19.6. The molecule has 0 N–H and O–H groups in total. The van der Waals surface area contributed by atoms with Gasteiger partial charge in [0.15, 0.2) is 0 Å². The third-order valence-electron chi connectivity index (χ3n) is 12.0. The van der Waals surface area contributed by atoms with E-state index in [1.165, 1.54) is 5.56 Å². The predicted molar refractivity (Wildman–Crippen MR) is 219 cm³/mol. The number of anilines is 1. The number of fused-ring (bicyclic) bond motifs is 2. The van der Waals surface area contributed by atoms with E-state index in [1.54, 1.807) is 29.0 Å². The highest BCUT2D eigenvalue weighted by molar-refractivity contribution is 6.08. The molecule has 10 heteroatoms. The van der Waals surface area contributed by atoms with Crippen LogP contribution < -0.4 is 9.64 Å². The van der Waals surface area contributed by atoms with Crippen molar-refractivity contribution in [3.8, 4) is 17.0 Å². The molecule has 5 aromatic rings. The third-order valence-corrected chi connectivity index (χ3v) is 12.0. The number of nitrogens with zero attached hydrogens (tertiary/aromatic N) is 6. The zero-order valence-corrected chi connectivity index (χ0v) is 32.8. The van der Waals surface area contributed by atoms with Gasteiger partial charge in [0, 0.05) is 101 Å². The molecule has 0 unspecified atom stereocenters. The summed E-state index contributed by atoms with van der Waals surface area (Å²) >= 11 is 0. The average Bonchev–Trinajstić information content (AvgIpc) is 3.53. The smallest absolute Gasteiger partial charge is 0.410 e. The number of hydrogen-bond acceptors (Lipinski definition) is 6. The van der Waals surface area contributed by atoms with Crippen LogP contribution in [0.3, 0.4) is 0 Å². The van der Waals surface area contributed by atoms with Crippen LogP contribution in [0.4, 0.5) is 10.5 Å². The van der Waals surface area contributed by atoms with Crippen LogP contribution in [0, 0.1) is 6.92 Å². The molecule has 1 atom stereocenters. The Morgan fingerprint density at radius 3 is 2.14 bits per heavy atom. The van der Waals surface area contributed by atoms with E-state index in [-0.39, 0.29) is 17.9 Å². The van der Waals surface area contributed by atoms with E-state index >= 15 is 4.79 Å². The van der Waals surface area contributed by atoms with E-state index < -0.39 is 6.09 Å². The first kappa shape index (κ1) is 37.2. The van der Waals surface area contributed by atoms with Crippen LogP contribution in [0.1, 0.15) is 48.7 Å². The first-order chi connectivity index (χ1) is 27.1. The second-order valence-electron chi connectivity index (χ2n) is 15.5. The molecular weight excluding hydrogens is 701 g/mol. The lowest BCUT2D eigenvalue weighted by molar-refractivity contribution is 0.0536. The fraction of sp³-hybridized carbons (Fsp3) is 0.326. The summed E-state index contributed by atoms with van der Waals surface area (Å²) in [5, 5.41) is 0. The number of carbonyl (C=O) groups excluding carboxylic acids is 3. The summed E-state index contributed by atoms with van der Waals surface area (Å²) < 4.78 is 7.76. The van der Waals surface area contributed by atoms with E-state index in [1.807, 2.05) is 85.3 Å². The predicted octanol–water partition coefficient (Wildman–Crippen LogP) is 6.65. The fourth-order valence-electron chi connectivity index (χ4n) is 8.40. The monoisotopic (exact) mass is 750 g/mol. The van der Waals surface area contributed by atoms with E-state index in [4.69, 9.17) is 4.74 Å². The standard InChI is InChI=1S/C46H50N6O4/c1-32-40(44(53)49(4)37-15-7-5-8-16-37)28-43(48(32)3)41-26-34-19-20-51(46(55)56-39-17-9-6-10-18-39)29-36(34)27-42(41)45(54)52-30-35-14-12-11-13-33(35)25-38(52)31-50-23-21-47(2)22-24-50/h5-18,26-28,38H,19-25,29-31H2,1-4H3/t38-/m0/s1. The maximum Gasteiger partial charge on any atom is 0.415 e. The van der Waals surface area contributed by atoms with Gasteiger partial charge in [-0.25, -0.2) is 4.79 Å². The zero-order valence-electron chi connectivity index (χ0n) is 32.8. The lowest BCUT2D eigenvalue weighted by atomic mass is 9.89. The van der Waals surface area contributed by atoms with Crippen molar-refractivity contribution in [2.75, 3.05) is 58.3 Å². The number of hydrogen-bond donors (Lipinski definition) is 0. The molecule has 0 aliphatic carbocycles. The maximum atomic E-state index is 15.4. The Balaban J connectivity index is 1.19. The lowest BCUT2D eigenvalue weighted by Gasteiger charge is -2.42. The van der Waals surface area contributed by atoms with Gasteiger partial charge in [-0.15, -0.1) is 0 Å². The van der Waals surface area contributed by atoms with Gasteiger partial charge in [0.2, 0.25) is 0 Å². The average molecular weight is 751 g/mol. The minimum atomic E-state index is -0.414. The maximum absolute atomic E-state index is 15.4. The van der Waals surface area contributed by atoms with Gasteiger partial charge in [0.25, 0.3) is 11.8 Å². The van der Waals surface area contributed by atoms with Crippen molar-refractivity contribution in [3.63, 3.8) is 0 Å². The highest BCUT2D eigenvalue weighted by Gasteiger charge is 2.35. The molecule has 1 saturated heterocycles. The van der Waals surface area contributed by atoms with Gasteiger partial charge in [-0.3, -0.25) is 14.5 Å². The molecule has 3 aliphatic rings. The summed E-state index contributed by atoms with van der Waals surface area (Å²) in [6.45, 7) is 8.01. The molecule has 4 aromatic carbocycles. The fourth-order valence-corrected chi connectivity index (χ4v) is 8.40. The Hall–Kier alpha value is -5.71. The van der Waals surface area contributed by atoms with Gasteiger partial charge in [0.05, 0.1) is 5.56 Å². The van der Waals surface area contributed by atoms with E-state index in [0.29, 0.717) is 42.9 Å². The van der Waals surface area contributed by atoms with Crippen molar-refractivity contribution < 1.29 is 19.1 Å². The molecule has 3 amide bonds. The molecule has 0 saturated carbocycles. The Morgan fingerprint density at radius 1 is 0.732 bits per heavy atom. The molecular formula is C46H50N6O4. The number of likely N-dealkylation sites (N-methyl/N-ethyl adjacent to an activating group) is 1. The van der Waals surface area contributed by atoms with E-state index in [2.05, 4.69) is 46.0 Å². The molecule has 0 radical (unpaired) electrons. The Labute approximate surface area is 329 Å². The topological polar surface area (TPSA) is 81.6 Å². The van der Waals surface area contributed by atoms with Crippen molar-refractivity contribution >= 4 is 23.6 Å². The molecule has 4 heterocycles. The van der Waals surface area contributed by atoms with Crippen molar-refractivity contribution in [2.24, 2.45) is 7.05 Å². The Kier molecular flexibility index (Phi) is 10.5. The number of amides is 3. The van der Waals surface area contributed by atoms with Crippen molar-refractivity contribution in [2.45, 2.75) is 38.9 Å². The summed E-state index contributed by atoms with van der Waals surface area (Å²) in [5.74, 6) is 0.330. The van der Waals surface area contributed by atoms with Crippen LogP contribution in [-0.2, 0) is 33.0 Å². The van der Waals surface area contributed by atoms with Crippen LogP contribution in [0.25, 0.3) is 11.3 Å². The molecule has 56 heavy (non-hydrogen) atoms. The number of rotatable bonds is 7. The van der Waals surface area contributed by atoms with Crippen LogP contribution >= 0.6 is 0 Å². The summed E-state index contributed by atoms with van der Waals surface area (Å²) in [4.78, 5) is 53.1. The number of carbonyl (C=O) groups is 3. The van der Waals surface area contributed by atoms with Crippen LogP contribution in [0.15, 0.2) is 103 Å². The summed E-state index contributed by atoms with van der Waals surface area (Å²) in [5.41, 5.74) is 8.82. The molecule has 1 fully saturated rings. The summed E-state index contributed by atoms with van der Waals surface area (Å²) in [7, 11) is 5.92. The highest BCUT2D eigenvalue weighted by Crippen LogP contribution is 2.36. The molecule has 1 aromatic heterocycles. The number of piperazine rings is 1. The quantitative estimate of drug-likeness (QED) is 0.186. The minimum Gasteiger partial charge on any atom is -0.410 e. The molecule has 288 valence electrons. The second-order valence-corrected chi connectivity index (χ2v) is 15.5. The van der Waals surface area contributed by atoms with Crippen molar-refractivity contribution in [1.29, 1.82) is 0 Å². The third kappa shape index (κ3) is 7.46. The molecule has 8 rings (SSSR count). The van der Waals surface area contributed by atoms with Gasteiger partial charge in [0.1, 0.15) is 5.75 Å². The Bertz CT molecular complexity index is 2240. The van der Waals surface area contributed by atoms with Gasteiger partial charge >= 0.3 is 6.09 Å².